The second kappa shape index (κ2) is 4.08. The first-order valence-electron chi connectivity index (χ1n) is 5.01. The molecule has 0 saturated carbocycles. The van der Waals surface area contributed by atoms with Crippen molar-refractivity contribution in [3.05, 3.63) is 11.1 Å². The van der Waals surface area contributed by atoms with E-state index < -0.39 is 0 Å². The molecule has 1 aliphatic rings. The van der Waals surface area contributed by atoms with E-state index in [0.29, 0.717) is 5.92 Å². The van der Waals surface area contributed by atoms with Crippen LogP contribution in [0, 0.1) is 11.8 Å². The second-order valence-corrected chi connectivity index (χ2v) is 4.21. The first kappa shape index (κ1) is 9.79. The summed E-state index contributed by atoms with van der Waals surface area (Å²) in [6.07, 6.45) is 1.33. The van der Waals surface area contributed by atoms with Crippen molar-refractivity contribution >= 4 is 0 Å². The first-order chi connectivity index (χ1) is 5.63. The molecule has 1 nitrogen and oxygen atoms in total. The van der Waals surface area contributed by atoms with Crippen molar-refractivity contribution < 1.29 is 0 Å². The summed E-state index contributed by atoms with van der Waals surface area (Å²) in [5.74, 6) is 1.53. The van der Waals surface area contributed by atoms with Gasteiger partial charge in [0.15, 0.2) is 0 Å². The van der Waals surface area contributed by atoms with Crippen LogP contribution >= 0.6 is 0 Å². The van der Waals surface area contributed by atoms with Crippen LogP contribution in [0.4, 0.5) is 0 Å². The Balaban J connectivity index is 2.65. The van der Waals surface area contributed by atoms with Crippen LogP contribution in [0.15, 0.2) is 11.1 Å². The fraction of sp³-hybridized carbons (Fsp3) is 0.818. The van der Waals surface area contributed by atoms with E-state index in [1.807, 2.05) is 0 Å². The summed E-state index contributed by atoms with van der Waals surface area (Å²) in [5, 5.41) is 3.41. The summed E-state index contributed by atoms with van der Waals surface area (Å²) in [6.45, 7) is 11.5. The fourth-order valence-corrected chi connectivity index (χ4v) is 1.80. The Hall–Kier alpha value is -0.300. The van der Waals surface area contributed by atoms with E-state index in [-0.39, 0.29) is 0 Å². The van der Waals surface area contributed by atoms with Crippen molar-refractivity contribution in [2.24, 2.45) is 11.8 Å². The lowest BCUT2D eigenvalue weighted by Gasteiger charge is -2.16. The van der Waals surface area contributed by atoms with E-state index in [1.165, 1.54) is 19.5 Å². The zero-order chi connectivity index (χ0) is 9.14. The van der Waals surface area contributed by atoms with Crippen LogP contribution in [0.2, 0.25) is 0 Å². The molecule has 12 heavy (non-hydrogen) atoms. The summed E-state index contributed by atoms with van der Waals surface area (Å²) in [4.78, 5) is 0. The standard InChI is InChI=1S/C11H21N/c1-8(2)9(3)10(4)11-5-6-12-7-11/h8,11-12H,5-7H2,1-4H3/b10-9+. The zero-order valence-corrected chi connectivity index (χ0v) is 8.78. The molecule has 1 heteroatoms. The maximum absolute atomic E-state index is 3.41. The van der Waals surface area contributed by atoms with Crippen LogP contribution in [0.3, 0.4) is 0 Å². The van der Waals surface area contributed by atoms with Gasteiger partial charge in [-0.25, -0.2) is 0 Å². The van der Waals surface area contributed by atoms with Gasteiger partial charge >= 0.3 is 0 Å². The van der Waals surface area contributed by atoms with E-state index in [2.05, 4.69) is 33.0 Å². The lowest BCUT2D eigenvalue weighted by Crippen LogP contribution is -2.11. The van der Waals surface area contributed by atoms with Gasteiger partial charge in [0.05, 0.1) is 0 Å². The van der Waals surface area contributed by atoms with E-state index in [0.717, 1.165) is 5.92 Å². The summed E-state index contributed by atoms with van der Waals surface area (Å²) < 4.78 is 0. The van der Waals surface area contributed by atoms with Crippen LogP contribution in [-0.4, -0.2) is 13.1 Å². The number of nitrogens with one attached hydrogen (secondary N) is 1. The predicted octanol–water partition coefficient (Wildman–Crippen LogP) is 2.59. The summed E-state index contributed by atoms with van der Waals surface area (Å²) >= 11 is 0. The number of hydrogen-bond acceptors (Lipinski definition) is 1. The molecule has 0 amide bonds. The Kier molecular flexibility index (Phi) is 3.33. The molecular weight excluding hydrogens is 146 g/mol. The summed E-state index contributed by atoms with van der Waals surface area (Å²) in [6, 6.07) is 0. The van der Waals surface area contributed by atoms with Crippen LogP contribution in [0.25, 0.3) is 0 Å². The highest BCUT2D eigenvalue weighted by Crippen LogP contribution is 2.24. The third kappa shape index (κ3) is 2.10. The molecule has 1 aliphatic heterocycles. The third-order valence-corrected chi connectivity index (χ3v) is 3.16. The van der Waals surface area contributed by atoms with Gasteiger partial charge in [-0.1, -0.05) is 25.0 Å². The van der Waals surface area contributed by atoms with E-state index >= 15 is 0 Å². The van der Waals surface area contributed by atoms with Gasteiger partial charge in [0.25, 0.3) is 0 Å². The normalized spacial score (nSPS) is 26.2. The molecule has 1 N–H and O–H groups in total. The highest BCUT2D eigenvalue weighted by Gasteiger charge is 2.17. The van der Waals surface area contributed by atoms with Crippen LogP contribution in [-0.2, 0) is 0 Å². The third-order valence-electron chi connectivity index (χ3n) is 3.16. The molecule has 0 aromatic rings. The molecule has 1 heterocycles. The van der Waals surface area contributed by atoms with Gasteiger partial charge in [-0.3, -0.25) is 0 Å². The molecule has 1 rings (SSSR count). The van der Waals surface area contributed by atoms with Crippen molar-refractivity contribution in [1.29, 1.82) is 0 Å². The maximum atomic E-state index is 3.41. The fourth-order valence-electron chi connectivity index (χ4n) is 1.80. The minimum atomic E-state index is 0.714. The van der Waals surface area contributed by atoms with Crippen molar-refractivity contribution in [2.75, 3.05) is 13.1 Å². The average Bonchev–Trinajstić information content (AvgIpc) is 2.53. The summed E-state index contributed by atoms with van der Waals surface area (Å²) in [5.41, 5.74) is 3.21. The van der Waals surface area contributed by atoms with Crippen molar-refractivity contribution in [3.8, 4) is 0 Å². The largest absolute Gasteiger partial charge is 0.316 e. The topological polar surface area (TPSA) is 12.0 Å². The van der Waals surface area contributed by atoms with Gasteiger partial charge in [0.2, 0.25) is 0 Å². The smallest absolute Gasteiger partial charge is 0.00173 e. The van der Waals surface area contributed by atoms with Gasteiger partial charge in [-0.2, -0.15) is 0 Å². The molecule has 1 atom stereocenters. The van der Waals surface area contributed by atoms with E-state index in [1.54, 1.807) is 11.1 Å². The molecule has 0 aromatic carbocycles. The minimum absolute atomic E-state index is 0.714. The van der Waals surface area contributed by atoms with Gasteiger partial charge in [-0.05, 0) is 38.6 Å². The molecule has 70 valence electrons. The Morgan fingerprint density at radius 2 is 2.00 bits per heavy atom. The maximum Gasteiger partial charge on any atom is 0.00173 e. The lowest BCUT2D eigenvalue weighted by molar-refractivity contribution is 0.643. The quantitative estimate of drug-likeness (QED) is 0.623. The van der Waals surface area contributed by atoms with Gasteiger partial charge in [0, 0.05) is 6.54 Å². The second-order valence-electron chi connectivity index (χ2n) is 4.21. The Morgan fingerprint density at radius 3 is 2.42 bits per heavy atom. The Labute approximate surface area is 76.2 Å². The molecule has 1 unspecified atom stereocenters. The van der Waals surface area contributed by atoms with Crippen molar-refractivity contribution in [2.45, 2.75) is 34.1 Å². The first-order valence-corrected chi connectivity index (χ1v) is 5.01. The molecule has 1 fully saturated rings. The van der Waals surface area contributed by atoms with E-state index in [4.69, 9.17) is 0 Å². The highest BCUT2D eigenvalue weighted by molar-refractivity contribution is 5.16. The number of allylic oxidation sites excluding steroid dienone is 1. The van der Waals surface area contributed by atoms with Crippen molar-refractivity contribution in [3.63, 3.8) is 0 Å². The van der Waals surface area contributed by atoms with Crippen molar-refractivity contribution in [1.82, 2.24) is 5.32 Å². The van der Waals surface area contributed by atoms with Crippen LogP contribution in [0.5, 0.6) is 0 Å². The van der Waals surface area contributed by atoms with Crippen LogP contribution in [0.1, 0.15) is 34.1 Å². The van der Waals surface area contributed by atoms with Gasteiger partial charge < -0.3 is 5.32 Å². The molecule has 1 saturated heterocycles. The molecule has 0 aliphatic carbocycles. The van der Waals surface area contributed by atoms with Crippen LogP contribution < -0.4 is 5.32 Å². The Bertz CT molecular complexity index is 173. The Morgan fingerprint density at radius 1 is 1.33 bits per heavy atom. The molecular formula is C11H21N. The van der Waals surface area contributed by atoms with Gasteiger partial charge in [-0.15, -0.1) is 0 Å². The molecule has 0 spiro atoms. The average molecular weight is 167 g/mol. The predicted molar refractivity (Wildman–Crippen MR) is 54.2 cm³/mol. The minimum Gasteiger partial charge on any atom is -0.316 e. The van der Waals surface area contributed by atoms with E-state index in [9.17, 15) is 0 Å². The summed E-state index contributed by atoms with van der Waals surface area (Å²) in [7, 11) is 0. The SMILES string of the molecule is C/C(=C(/C)C1CCNC1)C(C)C. The zero-order valence-electron chi connectivity index (χ0n) is 8.78. The molecule has 0 radical (unpaired) electrons. The molecule has 0 aromatic heterocycles. The monoisotopic (exact) mass is 167 g/mol. The van der Waals surface area contributed by atoms with Gasteiger partial charge in [0.1, 0.15) is 0 Å². The highest BCUT2D eigenvalue weighted by atomic mass is 14.9. The lowest BCUT2D eigenvalue weighted by atomic mass is 9.90. The molecule has 0 bridgehead atoms. The number of hydrogen-bond donors (Lipinski definition) is 1. The number of rotatable bonds is 2.